The maximum atomic E-state index is 13.4. The van der Waals surface area contributed by atoms with Crippen molar-refractivity contribution in [1.29, 1.82) is 0 Å². The van der Waals surface area contributed by atoms with Crippen molar-refractivity contribution in [2.75, 3.05) is 18.2 Å². The molecule has 3 rings (SSSR count). The lowest BCUT2D eigenvalue weighted by Gasteiger charge is -2.36. The second-order valence-corrected chi connectivity index (χ2v) is 9.12. The van der Waals surface area contributed by atoms with Crippen molar-refractivity contribution < 1.29 is 18.7 Å². The molecule has 2 amide bonds. The van der Waals surface area contributed by atoms with Crippen molar-refractivity contribution in [3.63, 3.8) is 0 Å². The molecule has 2 unspecified atom stereocenters. The largest absolute Gasteiger partial charge is 0.497 e. The molecule has 29 heavy (non-hydrogen) atoms. The van der Waals surface area contributed by atoms with Crippen molar-refractivity contribution in [1.82, 2.24) is 4.90 Å². The van der Waals surface area contributed by atoms with E-state index >= 15 is 0 Å². The van der Waals surface area contributed by atoms with E-state index in [0.29, 0.717) is 22.8 Å². The van der Waals surface area contributed by atoms with Crippen LogP contribution in [0.3, 0.4) is 0 Å². The first-order valence-corrected chi connectivity index (χ1v) is 10.4. The van der Waals surface area contributed by atoms with Crippen LogP contribution in [0.5, 0.6) is 5.75 Å². The molecule has 0 radical (unpaired) electrons. The van der Waals surface area contributed by atoms with Gasteiger partial charge in [0.05, 0.1) is 12.5 Å². The highest BCUT2D eigenvalue weighted by Gasteiger charge is 2.46. The zero-order valence-corrected chi connectivity index (χ0v) is 17.8. The molecule has 2 aromatic rings. The fourth-order valence-electron chi connectivity index (χ4n) is 3.27. The van der Waals surface area contributed by atoms with Crippen LogP contribution in [-0.2, 0) is 4.79 Å². The van der Waals surface area contributed by atoms with Gasteiger partial charge in [-0.15, -0.1) is 11.8 Å². The van der Waals surface area contributed by atoms with E-state index in [1.165, 1.54) is 24.3 Å². The smallest absolute Gasteiger partial charge is 0.255 e. The van der Waals surface area contributed by atoms with E-state index in [4.69, 9.17) is 4.74 Å². The zero-order chi connectivity index (χ0) is 21.2. The molecule has 7 heteroatoms. The Morgan fingerprint density at radius 1 is 1.10 bits per heavy atom. The van der Waals surface area contributed by atoms with Gasteiger partial charge < -0.3 is 15.0 Å². The van der Waals surface area contributed by atoms with Crippen LogP contribution in [0.15, 0.2) is 48.5 Å². The molecule has 1 N–H and O–H groups in total. The van der Waals surface area contributed by atoms with E-state index < -0.39 is 6.04 Å². The van der Waals surface area contributed by atoms with Gasteiger partial charge in [0.15, 0.2) is 0 Å². The average molecular weight is 417 g/mol. The summed E-state index contributed by atoms with van der Waals surface area (Å²) in [6.07, 6.45) is 0. The third-order valence-corrected chi connectivity index (χ3v) is 6.49. The second kappa shape index (κ2) is 8.45. The summed E-state index contributed by atoms with van der Waals surface area (Å²) in [5.41, 5.74) is 0.789. The number of amides is 2. The summed E-state index contributed by atoms with van der Waals surface area (Å²) in [7, 11) is 1.57. The Hall–Kier alpha value is -2.54. The number of rotatable bonds is 4. The Balaban J connectivity index is 1.87. The van der Waals surface area contributed by atoms with Gasteiger partial charge >= 0.3 is 0 Å². The highest BCUT2D eigenvalue weighted by Crippen LogP contribution is 2.41. The molecule has 0 saturated carbocycles. The number of hydrogen-bond donors (Lipinski definition) is 1. The normalized spacial score (nSPS) is 19.1. The molecule has 1 aliphatic heterocycles. The Morgan fingerprint density at radius 3 is 2.28 bits per heavy atom. The lowest BCUT2D eigenvalue weighted by atomic mass is 9.94. The zero-order valence-electron chi connectivity index (χ0n) is 16.9. The van der Waals surface area contributed by atoms with Gasteiger partial charge in [0.25, 0.3) is 5.91 Å². The number of nitrogens with zero attached hydrogens (tertiary/aromatic N) is 1. The maximum Gasteiger partial charge on any atom is 0.255 e. The van der Waals surface area contributed by atoms with Crippen molar-refractivity contribution in [2.24, 2.45) is 5.41 Å². The standard InChI is InChI=1S/C22H25FN2O3S/c1-22(2,3)21-25(20(27)14-5-11-17(28-4)12-6-14)18(13-29-21)19(26)24-16-9-7-15(23)8-10-16/h5-12,18,21H,13H2,1-4H3,(H,24,26). The third kappa shape index (κ3) is 4.72. The SMILES string of the molecule is COc1ccc(C(=O)N2C(C(=O)Nc3ccc(F)cc3)CSC2C(C)(C)C)cc1. The van der Waals surface area contributed by atoms with E-state index in [9.17, 15) is 14.0 Å². The first-order valence-electron chi connectivity index (χ1n) is 9.35. The molecule has 2 atom stereocenters. The van der Waals surface area contributed by atoms with E-state index in [2.05, 4.69) is 26.1 Å². The average Bonchev–Trinajstić information content (AvgIpc) is 3.15. The lowest BCUT2D eigenvalue weighted by molar-refractivity contribution is -0.120. The van der Waals surface area contributed by atoms with Crippen molar-refractivity contribution >= 4 is 29.3 Å². The Bertz CT molecular complexity index is 878. The molecule has 1 fully saturated rings. The number of thioether (sulfide) groups is 1. The monoisotopic (exact) mass is 416 g/mol. The summed E-state index contributed by atoms with van der Waals surface area (Å²) < 4.78 is 18.3. The molecule has 1 saturated heterocycles. The van der Waals surface area contributed by atoms with Crippen LogP contribution < -0.4 is 10.1 Å². The van der Waals surface area contributed by atoms with Crippen molar-refractivity contribution in [3.05, 3.63) is 59.9 Å². The fraction of sp³-hybridized carbons (Fsp3) is 0.364. The van der Waals surface area contributed by atoms with E-state index in [1.54, 1.807) is 48.0 Å². The predicted octanol–water partition coefficient (Wildman–Crippen LogP) is 4.40. The van der Waals surface area contributed by atoms with Crippen LogP contribution in [0.1, 0.15) is 31.1 Å². The third-order valence-electron chi connectivity index (χ3n) is 4.73. The molecule has 0 bridgehead atoms. The number of methoxy groups -OCH3 is 1. The molecule has 154 valence electrons. The summed E-state index contributed by atoms with van der Waals surface area (Å²) in [5, 5.41) is 2.65. The van der Waals surface area contributed by atoms with Gasteiger partial charge in [0, 0.05) is 17.0 Å². The molecular weight excluding hydrogens is 391 g/mol. The Kier molecular flexibility index (Phi) is 6.17. The molecule has 5 nitrogen and oxygen atoms in total. The summed E-state index contributed by atoms with van der Waals surface area (Å²) >= 11 is 1.60. The number of hydrogen-bond acceptors (Lipinski definition) is 4. The van der Waals surface area contributed by atoms with Gasteiger partial charge in [0.1, 0.15) is 17.6 Å². The molecule has 2 aromatic carbocycles. The highest BCUT2D eigenvalue weighted by atomic mass is 32.2. The second-order valence-electron chi connectivity index (χ2n) is 8.00. The van der Waals surface area contributed by atoms with Crippen LogP contribution in [0, 0.1) is 11.2 Å². The molecule has 0 aromatic heterocycles. The number of halogens is 1. The minimum Gasteiger partial charge on any atom is -0.497 e. The predicted molar refractivity (Wildman–Crippen MR) is 114 cm³/mol. The number of nitrogens with one attached hydrogen (secondary N) is 1. The fourth-order valence-corrected chi connectivity index (χ4v) is 4.84. The number of anilines is 1. The van der Waals surface area contributed by atoms with Gasteiger partial charge in [-0.3, -0.25) is 9.59 Å². The van der Waals surface area contributed by atoms with Gasteiger partial charge in [0.2, 0.25) is 5.91 Å². The van der Waals surface area contributed by atoms with Crippen molar-refractivity contribution in [2.45, 2.75) is 32.2 Å². The van der Waals surface area contributed by atoms with Crippen LogP contribution in [0.4, 0.5) is 10.1 Å². The van der Waals surface area contributed by atoms with E-state index in [1.807, 2.05) is 0 Å². The van der Waals surface area contributed by atoms with Gasteiger partial charge in [-0.1, -0.05) is 20.8 Å². The van der Waals surface area contributed by atoms with Gasteiger partial charge in [-0.05, 0) is 53.9 Å². The number of ether oxygens (including phenoxy) is 1. The minimum absolute atomic E-state index is 0.152. The molecule has 1 aliphatic rings. The Labute approximate surface area is 174 Å². The number of carbonyl (C=O) groups is 2. The Morgan fingerprint density at radius 2 is 1.72 bits per heavy atom. The van der Waals surface area contributed by atoms with Crippen molar-refractivity contribution in [3.8, 4) is 5.75 Å². The molecule has 0 aliphatic carbocycles. The first-order chi connectivity index (χ1) is 13.7. The van der Waals surface area contributed by atoms with Crippen LogP contribution >= 0.6 is 11.8 Å². The van der Waals surface area contributed by atoms with Crippen LogP contribution in [-0.4, -0.2) is 41.0 Å². The van der Waals surface area contributed by atoms with E-state index in [0.717, 1.165) is 0 Å². The topological polar surface area (TPSA) is 58.6 Å². The van der Waals surface area contributed by atoms with Gasteiger partial charge in [-0.25, -0.2) is 4.39 Å². The van der Waals surface area contributed by atoms with Crippen LogP contribution in [0.2, 0.25) is 0 Å². The van der Waals surface area contributed by atoms with Gasteiger partial charge in [-0.2, -0.15) is 0 Å². The van der Waals surface area contributed by atoms with Crippen LogP contribution in [0.25, 0.3) is 0 Å². The molecule has 0 spiro atoms. The maximum absolute atomic E-state index is 13.4. The molecule has 1 heterocycles. The summed E-state index contributed by atoms with van der Waals surface area (Å²) in [4.78, 5) is 28.0. The lowest BCUT2D eigenvalue weighted by Crippen LogP contribution is -2.51. The number of benzene rings is 2. The minimum atomic E-state index is -0.621. The molecular formula is C22H25FN2O3S. The first kappa shape index (κ1) is 21.2. The summed E-state index contributed by atoms with van der Waals surface area (Å²) in [6, 6.07) is 11.8. The quantitative estimate of drug-likeness (QED) is 0.803. The summed E-state index contributed by atoms with van der Waals surface area (Å²) in [5.74, 6) is 0.310. The summed E-state index contributed by atoms with van der Waals surface area (Å²) in [6.45, 7) is 6.16. The van der Waals surface area contributed by atoms with E-state index in [-0.39, 0.29) is 28.4 Å². The highest BCUT2D eigenvalue weighted by molar-refractivity contribution is 8.00. The number of carbonyl (C=O) groups excluding carboxylic acids is 2.